The molecule has 0 saturated carbocycles. The maximum absolute atomic E-state index is 6.86. The Bertz CT molecular complexity index is 2760. The van der Waals surface area contributed by atoms with Gasteiger partial charge in [0.05, 0.1) is 0 Å². The number of para-hydroxylation sites is 2. The Labute approximate surface area is 267 Å². The molecule has 0 radical (unpaired) electrons. The fourth-order valence-corrected chi connectivity index (χ4v) is 9.14. The van der Waals surface area contributed by atoms with E-state index >= 15 is 0 Å². The van der Waals surface area contributed by atoms with Gasteiger partial charge in [0.1, 0.15) is 11.2 Å². The van der Waals surface area contributed by atoms with Crippen molar-refractivity contribution in [2.75, 3.05) is 0 Å². The van der Waals surface area contributed by atoms with E-state index in [0.29, 0.717) is 0 Å². The van der Waals surface area contributed by atoms with Crippen LogP contribution < -0.4 is 0 Å². The standard InChI is InChI=1S/C42H24OS2/c1-2-8-25(9-3-1)26-16-19-32-36-23-28(18-21-39(36)45-40(32)24-26)30-12-7-14-34-33-13-6-11-29(41(33)43-42(30)34)27-17-20-38-35(22-27)31-10-4-5-15-37(31)44-38/h1-24H. The van der Waals surface area contributed by atoms with E-state index in [2.05, 4.69) is 146 Å². The van der Waals surface area contributed by atoms with Crippen LogP contribution in [0.4, 0.5) is 0 Å². The third-order valence-corrected chi connectivity index (χ3v) is 11.4. The van der Waals surface area contributed by atoms with Crippen LogP contribution in [-0.4, -0.2) is 0 Å². The van der Waals surface area contributed by atoms with Crippen LogP contribution in [0.15, 0.2) is 150 Å². The highest BCUT2D eigenvalue weighted by molar-refractivity contribution is 7.26. The number of thiophene rings is 2. The van der Waals surface area contributed by atoms with E-state index in [4.69, 9.17) is 4.42 Å². The van der Waals surface area contributed by atoms with Gasteiger partial charge in [-0.2, -0.15) is 0 Å². The zero-order valence-electron chi connectivity index (χ0n) is 24.1. The summed E-state index contributed by atoms with van der Waals surface area (Å²) < 4.78 is 12.1. The lowest BCUT2D eigenvalue weighted by molar-refractivity contribution is 0.671. The lowest BCUT2D eigenvalue weighted by Gasteiger charge is -2.04. The Kier molecular flexibility index (Phi) is 5.39. The van der Waals surface area contributed by atoms with Crippen LogP contribution in [0.5, 0.6) is 0 Å². The van der Waals surface area contributed by atoms with E-state index in [1.165, 1.54) is 62.6 Å². The summed E-state index contributed by atoms with van der Waals surface area (Å²) in [5.41, 5.74) is 8.98. The number of furan rings is 1. The third-order valence-electron chi connectivity index (χ3n) is 9.10. The molecule has 0 atom stereocenters. The molecule has 1 nitrogen and oxygen atoms in total. The van der Waals surface area contributed by atoms with E-state index in [1.807, 2.05) is 22.7 Å². The zero-order chi connectivity index (χ0) is 29.5. The Balaban J connectivity index is 1.13. The quantitative estimate of drug-likeness (QED) is 0.194. The van der Waals surface area contributed by atoms with Crippen LogP contribution in [0.1, 0.15) is 0 Å². The molecule has 0 aliphatic carbocycles. The van der Waals surface area contributed by atoms with Crippen LogP contribution in [0.2, 0.25) is 0 Å². The normalized spacial score (nSPS) is 12.0. The second-order valence-electron chi connectivity index (χ2n) is 11.7. The summed E-state index contributed by atoms with van der Waals surface area (Å²) in [4.78, 5) is 0. The molecule has 210 valence electrons. The molecule has 0 saturated heterocycles. The van der Waals surface area contributed by atoms with Gasteiger partial charge in [-0.1, -0.05) is 109 Å². The van der Waals surface area contributed by atoms with Gasteiger partial charge in [0.2, 0.25) is 0 Å². The number of hydrogen-bond donors (Lipinski definition) is 0. The van der Waals surface area contributed by atoms with Gasteiger partial charge in [-0.05, 0) is 58.7 Å². The SMILES string of the molecule is c1ccc(-c2ccc3c(c2)sc2ccc(-c4cccc5c4oc4c(-c6ccc7sc8ccccc8c7c6)cccc45)cc23)cc1. The van der Waals surface area contributed by atoms with E-state index in [-0.39, 0.29) is 0 Å². The summed E-state index contributed by atoms with van der Waals surface area (Å²) in [6.07, 6.45) is 0. The van der Waals surface area contributed by atoms with Crippen LogP contribution >= 0.6 is 22.7 Å². The maximum Gasteiger partial charge on any atom is 0.143 e. The molecule has 0 amide bonds. The van der Waals surface area contributed by atoms with Crippen molar-refractivity contribution < 1.29 is 4.42 Å². The molecule has 10 aromatic rings. The maximum atomic E-state index is 6.86. The first-order valence-corrected chi connectivity index (χ1v) is 16.8. The number of hydrogen-bond acceptors (Lipinski definition) is 3. The Hall–Kier alpha value is -5.22. The average molecular weight is 609 g/mol. The predicted octanol–water partition coefficient (Wildman–Crippen LogP) is 13.3. The van der Waals surface area contributed by atoms with Gasteiger partial charge in [-0.15, -0.1) is 22.7 Å². The lowest BCUT2D eigenvalue weighted by atomic mass is 9.98. The largest absolute Gasteiger partial charge is 0.455 e. The molecule has 3 heterocycles. The number of rotatable bonds is 3. The van der Waals surface area contributed by atoms with Crippen molar-refractivity contribution in [1.29, 1.82) is 0 Å². The van der Waals surface area contributed by atoms with E-state index < -0.39 is 0 Å². The van der Waals surface area contributed by atoms with Crippen LogP contribution in [-0.2, 0) is 0 Å². The van der Waals surface area contributed by atoms with Gasteiger partial charge in [0.15, 0.2) is 0 Å². The molecular weight excluding hydrogens is 585 g/mol. The van der Waals surface area contributed by atoms with Gasteiger partial charge in [0, 0.05) is 62.2 Å². The summed E-state index contributed by atoms with van der Waals surface area (Å²) in [6.45, 7) is 0. The van der Waals surface area contributed by atoms with Gasteiger partial charge >= 0.3 is 0 Å². The monoisotopic (exact) mass is 608 g/mol. The molecule has 7 aromatic carbocycles. The first-order chi connectivity index (χ1) is 22.3. The minimum Gasteiger partial charge on any atom is -0.455 e. The third kappa shape index (κ3) is 3.85. The zero-order valence-corrected chi connectivity index (χ0v) is 25.7. The summed E-state index contributed by atoms with van der Waals surface area (Å²) in [7, 11) is 0. The van der Waals surface area contributed by atoms with Crippen molar-refractivity contribution in [3.8, 4) is 33.4 Å². The highest BCUT2D eigenvalue weighted by atomic mass is 32.1. The van der Waals surface area contributed by atoms with Crippen molar-refractivity contribution in [2.45, 2.75) is 0 Å². The molecule has 0 fully saturated rings. The van der Waals surface area contributed by atoms with Crippen molar-refractivity contribution in [3.05, 3.63) is 146 Å². The molecule has 0 spiro atoms. The van der Waals surface area contributed by atoms with Gasteiger partial charge < -0.3 is 4.42 Å². The van der Waals surface area contributed by atoms with Gasteiger partial charge in [0.25, 0.3) is 0 Å². The summed E-state index contributed by atoms with van der Waals surface area (Å²) in [5.74, 6) is 0. The molecular formula is C42H24OS2. The predicted molar refractivity (Wildman–Crippen MR) is 196 cm³/mol. The molecule has 45 heavy (non-hydrogen) atoms. The Morgan fingerprint density at radius 2 is 0.844 bits per heavy atom. The van der Waals surface area contributed by atoms with Gasteiger partial charge in [-0.3, -0.25) is 0 Å². The Morgan fingerprint density at radius 3 is 1.53 bits per heavy atom. The van der Waals surface area contributed by atoms with E-state index in [1.54, 1.807) is 0 Å². The fourth-order valence-electron chi connectivity index (χ4n) is 6.92. The highest BCUT2D eigenvalue weighted by Crippen LogP contribution is 2.44. The van der Waals surface area contributed by atoms with Crippen molar-refractivity contribution in [2.24, 2.45) is 0 Å². The second kappa shape index (κ2) is 9.64. The molecule has 3 aromatic heterocycles. The van der Waals surface area contributed by atoms with Crippen molar-refractivity contribution in [1.82, 2.24) is 0 Å². The lowest BCUT2D eigenvalue weighted by Crippen LogP contribution is -1.79. The van der Waals surface area contributed by atoms with E-state index in [0.717, 1.165) is 33.1 Å². The first kappa shape index (κ1) is 25.1. The summed E-state index contributed by atoms with van der Waals surface area (Å²) in [6, 6.07) is 52.9. The number of benzene rings is 7. The smallest absolute Gasteiger partial charge is 0.143 e. The van der Waals surface area contributed by atoms with Crippen molar-refractivity contribution in [3.63, 3.8) is 0 Å². The van der Waals surface area contributed by atoms with Crippen LogP contribution in [0, 0.1) is 0 Å². The van der Waals surface area contributed by atoms with Crippen LogP contribution in [0.25, 0.3) is 95.7 Å². The van der Waals surface area contributed by atoms with E-state index in [9.17, 15) is 0 Å². The number of fused-ring (bicyclic) bond motifs is 9. The Morgan fingerprint density at radius 1 is 0.311 bits per heavy atom. The topological polar surface area (TPSA) is 13.1 Å². The molecule has 0 aliphatic rings. The second-order valence-corrected chi connectivity index (χ2v) is 13.8. The molecule has 0 N–H and O–H groups in total. The molecule has 0 bridgehead atoms. The minimum atomic E-state index is 0.937. The highest BCUT2D eigenvalue weighted by Gasteiger charge is 2.17. The molecule has 3 heteroatoms. The van der Waals surface area contributed by atoms with Crippen LogP contribution in [0.3, 0.4) is 0 Å². The minimum absolute atomic E-state index is 0.937. The first-order valence-electron chi connectivity index (χ1n) is 15.2. The molecule has 0 aliphatic heterocycles. The average Bonchev–Trinajstić information content (AvgIpc) is 3.78. The molecule has 0 unspecified atom stereocenters. The van der Waals surface area contributed by atoms with Gasteiger partial charge in [-0.25, -0.2) is 0 Å². The molecule has 10 rings (SSSR count). The summed E-state index contributed by atoms with van der Waals surface area (Å²) in [5, 5.41) is 7.49. The fraction of sp³-hybridized carbons (Fsp3) is 0. The summed E-state index contributed by atoms with van der Waals surface area (Å²) >= 11 is 3.71. The van der Waals surface area contributed by atoms with Crippen molar-refractivity contribution >= 4 is 85.0 Å².